The van der Waals surface area contributed by atoms with E-state index in [1.165, 1.54) is 24.2 Å². The lowest BCUT2D eigenvalue weighted by atomic mass is 9.94. The summed E-state index contributed by atoms with van der Waals surface area (Å²) in [5.74, 6) is -2.47. The van der Waals surface area contributed by atoms with E-state index < -0.39 is 65.3 Å². The number of alkyl carbamates (subject to hydrolysis) is 1. The van der Waals surface area contributed by atoms with Crippen LogP contribution in [0.25, 0.3) is 11.3 Å². The molecular formula is C39H48F3N7O7. The summed E-state index contributed by atoms with van der Waals surface area (Å²) in [5.41, 5.74) is -0.238. The molecule has 0 saturated carbocycles. The van der Waals surface area contributed by atoms with Gasteiger partial charge in [0.1, 0.15) is 36.3 Å². The summed E-state index contributed by atoms with van der Waals surface area (Å²) in [4.78, 5) is 57.4. The van der Waals surface area contributed by atoms with Crippen molar-refractivity contribution in [2.75, 3.05) is 59.7 Å². The maximum Gasteiger partial charge on any atom is 0.407 e. The highest BCUT2D eigenvalue weighted by Crippen LogP contribution is 2.37. The molecular weight excluding hydrogens is 735 g/mol. The molecule has 2 aromatic carbocycles. The Morgan fingerprint density at radius 2 is 1.80 bits per heavy atom. The van der Waals surface area contributed by atoms with Crippen LogP contribution in [0.4, 0.5) is 22.8 Å². The van der Waals surface area contributed by atoms with Crippen molar-refractivity contribution in [3.8, 4) is 11.3 Å². The number of urea groups is 1. The van der Waals surface area contributed by atoms with E-state index in [4.69, 9.17) is 19.2 Å². The fourth-order valence-corrected chi connectivity index (χ4v) is 6.48. The van der Waals surface area contributed by atoms with Crippen LogP contribution in [0.1, 0.15) is 38.2 Å². The number of amides is 5. The number of nitrogens with one attached hydrogen (secondary N) is 3. The monoisotopic (exact) mass is 783 g/mol. The molecule has 1 fully saturated rings. The number of imide groups is 1. The standard InChI is InChI=1S/C39H48F3N7O7/c1-25(24-56-38(53)44-14-16-55-17-15-48-33(50)12-13-34(48)51)45-37(52)49(22-27-19-43-20-31(27)42)35(39(2,3)54-4)36-46-32(29-18-28(40)10-11-30(29)41)23-47(36)21-26-8-6-5-7-9-26/h5-13,18,23,25,27,31,35,43H,14-17,19-22,24H2,1-4H3,(H,44,53)(H,45,52)/t25-,27-,31-,35-/m0/s1. The Hall–Kier alpha value is -5.26. The van der Waals surface area contributed by atoms with Gasteiger partial charge in [-0.15, -0.1) is 0 Å². The van der Waals surface area contributed by atoms with Gasteiger partial charge in [-0.2, -0.15) is 0 Å². The molecule has 0 bridgehead atoms. The first kappa shape index (κ1) is 41.9. The quantitative estimate of drug-likeness (QED) is 0.128. The molecule has 1 aromatic heterocycles. The van der Waals surface area contributed by atoms with E-state index in [0.717, 1.165) is 28.7 Å². The predicted molar refractivity (Wildman–Crippen MR) is 199 cm³/mol. The molecule has 17 heteroatoms. The number of hydrogen-bond donors (Lipinski definition) is 3. The van der Waals surface area contributed by atoms with Crippen LogP contribution in [0, 0.1) is 17.6 Å². The fourth-order valence-electron chi connectivity index (χ4n) is 6.48. The van der Waals surface area contributed by atoms with Gasteiger partial charge < -0.3 is 39.6 Å². The highest BCUT2D eigenvalue weighted by molar-refractivity contribution is 6.12. The molecule has 5 rings (SSSR count). The van der Waals surface area contributed by atoms with Crippen LogP contribution < -0.4 is 16.0 Å². The van der Waals surface area contributed by atoms with Gasteiger partial charge in [0.15, 0.2) is 0 Å². The van der Waals surface area contributed by atoms with Gasteiger partial charge in [-0.1, -0.05) is 30.3 Å². The number of benzene rings is 2. The Labute approximate surface area is 323 Å². The van der Waals surface area contributed by atoms with Crippen molar-refractivity contribution in [3.63, 3.8) is 0 Å². The molecule has 14 nitrogen and oxygen atoms in total. The average Bonchev–Trinajstić information content (AvgIpc) is 3.87. The second-order valence-corrected chi connectivity index (χ2v) is 14.2. The first-order valence-electron chi connectivity index (χ1n) is 18.3. The smallest absolute Gasteiger partial charge is 0.407 e. The zero-order chi connectivity index (χ0) is 40.4. The predicted octanol–water partition coefficient (Wildman–Crippen LogP) is 3.97. The van der Waals surface area contributed by atoms with Crippen molar-refractivity contribution < 1.29 is 46.6 Å². The number of ether oxygens (including phenoxy) is 3. The van der Waals surface area contributed by atoms with Crippen LogP contribution in [0.2, 0.25) is 0 Å². The summed E-state index contributed by atoms with van der Waals surface area (Å²) in [6, 6.07) is 10.1. The van der Waals surface area contributed by atoms with Crippen LogP contribution in [-0.4, -0.2) is 121 Å². The molecule has 0 aliphatic carbocycles. The third-order valence-corrected chi connectivity index (χ3v) is 9.61. The zero-order valence-electron chi connectivity index (χ0n) is 31.8. The SMILES string of the molecule is COC(C)(C)[C@H](c1nc(-c2cc(F)ccc2F)cn1Cc1ccccc1)N(C[C@@H]1CNC[C@@H]1F)C(=O)N[C@@H](C)COC(=O)NCCOCCN1C(=O)C=CC1=O. The number of carbonyl (C=O) groups is 4. The molecule has 2 aliphatic rings. The highest BCUT2D eigenvalue weighted by Gasteiger charge is 2.44. The molecule has 2 aliphatic heterocycles. The molecule has 4 atom stereocenters. The lowest BCUT2D eigenvalue weighted by Crippen LogP contribution is -2.55. The van der Waals surface area contributed by atoms with Gasteiger partial charge in [0, 0.05) is 69.7 Å². The third kappa shape index (κ3) is 10.7. The number of hydrogen-bond acceptors (Lipinski definition) is 9. The van der Waals surface area contributed by atoms with Gasteiger partial charge >= 0.3 is 12.1 Å². The van der Waals surface area contributed by atoms with E-state index in [0.29, 0.717) is 6.54 Å². The largest absolute Gasteiger partial charge is 0.447 e. The van der Waals surface area contributed by atoms with Gasteiger partial charge in [-0.05, 0) is 44.5 Å². The van der Waals surface area contributed by atoms with Gasteiger partial charge in [-0.3, -0.25) is 14.5 Å². The van der Waals surface area contributed by atoms with Crippen molar-refractivity contribution >= 4 is 23.9 Å². The van der Waals surface area contributed by atoms with Crippen molar-refractivity contribution in [2.24, 2.45) is 5.92 Å². The molecule has 0 unspecified atom stereocenters. The highest BCUT2D eigenvalue weighted by atomic mass is 19.1. The molecule has 1 saturated heterocycles. The van der Waals surface area contributed by atoms with Crippen molar-refractivity contribution in [3.05, 3.63) is 89.9 Å². The van der Waals surface area contributed by atoms with Gasteiger partial charge in [0.25, 0.3) is 11.8 Å². The summed E-state index contributed by atoms with van der Waals surface area (Å²) in [5, 5.41) is 8.42. The van der Waals surface area contributed by atoms with Gasteiger partial charge in [0.2, 0.25) is 0 Å². The summed E-state index contributed by atoms with van der Waals surface area (Å²) in [7, 11) is 1.48. The van der Waals surface area contributed by atoms with Crippen LogP contribution in [0.15, 0.2) is 66.9 Å². The second kappa shape index (κ2) is 19.1. The first-order valence-corrected chi connectivity index (χ1v) is 18.3. The normalized spacial score (nSPS) is 17.9. The minimum atomic E-state index is -1.26. The molecule has 5 amide bonds. The number of alkyl halides is 1. The maximum absolute atomic E-state index is 15.2. The van der Waals surface area contributed by atoms with Crippen molar-refractivity contribution in [1.82, 2.24) is 35.3 Å². The number of rotatable bonds is 18. The van der Waals surface area contributed by atoms with Crippen LogP contribution in [0.5, 0.6) is 0 Å². The molecule has 3 aromatic rings. The summed E-state index contributed by atoms with van der Waals surface area (Å²) in [6.45, 7) is 5.87. The van der Waals surface area contributed by atoms with Crippen LogP contribution in [0.3, 0.4) is 0 Å². The summed E-state index contributed by atoms with van der Waals surface area (Å²) < 4.78 is 63.2. The minimum Gasteiger partial charge on any atom is -0.447 e. The van der Waals surface area contributed by atoms with E-state index in [2.05, 4.69) is 16.0 Å². The number of methoxy groups -OCH3 is 1. The van der Waals surface area contributed by atoms with E-state index >= 15 is 8.78 Å². The molecule has 56 heavy (non-hydrogen) atoms. The first-order chi connectivity index (χ1) is 26.8. The Kier molecular flexibility index (Phi) is 14.3. The van der Waals surface area contributed by atoms with Crippen LogP contribution in [-0.2, 0) is 30.3 Å². The molecule has 3 N–H and O–H groups in total. The average molecular weight is 784 g/mol. The lowest BCUT2D eigenvalue weighted by Gasteiger charge is -2.42. The number of carbonyl (C=O) groups excluding carboxylic acids is 4. The number of nitrogens with zero attached hydrogens (tertiary/aromatic N) is 4. The molecule has 0 radical (unpaired) electrons. The molecule has 302 valence electrons. The van der Waals surface area contributed by atoms with Gasteiger partial charge in [-0.25, -0.2) is 27.7 Å². The van der Waals surface area contributed by atoms with E-state index in [1.54, 1.807) is 31.5 Å². The van der Waals surface area contributed by atoms with E-state index in [-0.39, 0.29) is 69.6 Å². The topological polar surface area (TPSA) is 156 Å². The molecule has 3 heterocycles. The number of aromatic nitrogens is 2. The number of imidazole rings is 1. The lowest BCUT2D eigenvalue weighted by molar-refractivity contribution is -0.137. The minimum absolute atomic E-state index is 0.0655. The summed E-state index contributed by atoms with van der Waals surface area (Å²) >= 11 is 0. The maximum atomic E-state index is 15.2. The van der Waals surface area contributed by atoms with E-state index in [9.17, 15) is 23.6 Å². The third-order valence-electron chi connectivity index (χ3n) is 9.61. The molecule has 0 spiro atoms. The Morgan fingerprint density at radius 3 is 2.48 bits per heavy atom. The zero-order valence-corrected chi connectivity index (χ0v) is 31.8. The van der Waals surface area contributed by atoms with Gasteiger partial charge in [0.05, 0.1) is 37.1 Å². The number of halogens is 3. The Morgan fingerprint density at radius 1 is 1.07 bits per heavy atom. The summed E-state index contributed by atoms with van der Waals surface area (Å²) in [6.07, 6.45) is 1.94. The van der Waals surface area contributed by atoms with Crippen LogP contribution >= 0.6 is 0 Å². The second-order valence-electron chi connectivity index (χ2n) is 14.2. The fraction of sp³-hybridized carbons (Fsp3) is 0.462. The van der Waals surface area contributed by atoms with Crippen molar-refractivity contribution in [1.29, 1.82) is 0 Å². The van der Waals surface area contributed by atoms with Crippen molar-refractivity contribution in [2.45, 2.75) is 51.2 Å². The van der Waals surface area contributed by atoms with E-state index in [1.807, 2.05) is 30.3 Å². The Balaban J connectivity index is 1.33. The Bertz CT molecular complexity index is 1860.